The van der Waals surface area contributed by atoms with Crippen LogP contribution in [0.4, 0.5) is 0 Å². The number of methoxy groups -OCH3 is 2. The summed E-state index contributed by atoms with van der Waals surface area (Å²) in [5, 5.41) is 3.69. The normalized spacial score (nSPS) is 10.4. The zero-order valence-corrected chi connectivity index (χ0v) is 15.1. The van der Waals surface area contributed by atoms with Gasteiger partial charge in [-0.1, -0.05) is 11.2 Å². The molecule has 3 rings (SSSR count). The Balaban J connectivity index is 1.94. The van der Waals surface area contributed by atoms with Crippen molar-refractivity contribution in [1.82, 2.24) is 5.16 Å². The molecule has 0 aliphatic heterocycles. The zero-order chi connectivity index (χ0) is 17.8. The zero-order valence-electron chi connectivity index (χ0n) is 13.5. The number of para-hydroxylation sites is 1. The predicted octanol–water partition coefficient (Wildman–Crippen LogP) is 4.34. The topological polar surface area (TPSA) is 70.8 Å². The lowest BCUT2D eigenvalue weighted by molar-refractivity contribution is 0.0733. The minimum atomic E-state index is -0.534. The van der Waals surface area contributed by atoms with Crippen molar-refractivity contribution in [2.75, 3.05) is 14.2 Å². The first kappa shape index (κ1) is 17.0. The molecule has 1 heterocycles. The van der Waals surface area contributed by atoms with Crippen molar-refractivity contribution < 1.29 is 23.5 Å². The molecular formula is C18H14BrNO5. The number of hydrogen-bond acceptors (Lipinski definition) is 6. The van der Waals surface area contributed by atoms with Gasteiger partial charge in [0.05, 0.1) is 36.0 Å². The van der Waals surface area contributed by atoms with Crippen molar-refractivity contribution >= 4 is 21.9 Å². The SMILES string of the molecule is COc1ccc(C(=O)Oc2c(Br)cccc2-c2ccno2)cc1OC. The van der Waals surface area contributed by atoms with Gasteiger partial charge in [0.25, 0.3) is 0 Å². The lowest BCUT2D eigenvalue weighted by atomic mass is 10.1. The Kier molecular flexibility index (Phi) is 5.04. The van der Waals surface area contributed by atoms with E-state index in [9.17, 15) is 4.79 Å². The van der Waals surface area contributed by atoms with Crippen molar-refractivity contribution in [1.29, 1.82) is 0 Å². The Morgan fingerprint density at radius 2 is 1.88 bits per heavy atom. The number of nitrogens with zero attached hydrogens (tertiary/aromatic N) is 1. The number of halogens is 1. The van der Waals surface area contributed by atoms with Crippen molar-refractivity contribution in [3.8, 4) is 28.6 Å². The number of aromatic nitrogens is 1. The molecule has 2 aromatic carbocycles. The second-order valence-electron chi connectivity index (χ2n) is 4.95. The van der Waals surface area contributed by atoms with E-state index in [1.165, 1.54) is 20.4 Å². The molecule has 128 valence electrons. The maximum absolute atomic E-state index is 12.6. The minimum Gasteiger partial charge on any atom is -0.493 e. The highest BCUT2D eigenvalue weighted by molar-refractivity contribution is 9.10. The van der Waals surface area contributed by atoms with Gasteiger partial charge >= 0.3 is 5.97 Å². The largest absolute Gasteiger partial charge is 0.493 e. The maximum atomic E-state index is 12.6. The highest BCUT2D eigenvalue weighted by Gasteiger charge is 2.19. The van der Waals surface area contributed by atoms with Crippen molar-refractivity contribution in [2.24, 2.45) is 0 Å². The molecule has 0 radical (unpaired) electrons. The predicted molar refractivity (Wildman–Crippen MR) is 94.1 cm³/mol. The highest BCUT2D eigenvalue weighted by Crippen LogP contribution is 2.37. The van der Waals surface area contributed by atoms with Crippen LogP contribution in [0.3, 0.4) is 0 Å². The summed E-state index contributed by atoms with van der Waals surface area (Å²) in [5.41, 5.74) is 0.942. The average molecular weight is 404 g/mol. The first-order valence-corrected chi connectivity index (χ1v) is 8.07. The summed E-state index contributed by atoms with van der Waals surface area (Å²) in [6.07, 6.45) is 1.52. The van der Waals surface area contributed by atoms with Gasteiger partial charge in [-0.25, -0.2) is 4.79 Å². The van der Waals surface area contributed by atoms with Gasteiger partial charge in [-0.3, -0.25) is 0 Å². The van der Waals surface area contributed by atoms with Gasteiger partial charge in [0, 0.05) is 6.07 Å². The second-order valence-corrected chi connectivity index (χ2v) is 5.81. The minimum absolute atomic E-state index is 0.330. The third-order valence-electron chi connectivity index (χ3n) is 3.48. The summed E-state index contributed by atoms with van der Waals surface area (Å²) in [4.78, 5) is 12.6. The highest BCUT2D eigenvalue weighted by atomic mass is 79.9. The molecular weight excluding hydrogens is 390 g/mol. The molecule has 0 saturated carbocycles. The van der Waals surface area contributed by atoms with Crippen LogP contribution in [0.15, 0.2) is 57.7 Å². The molecule has 0 spiro atoms. The summed E-state index contributed by atoms with van der Waals surface area (Å²) < 4.78 is 21.8. The number of carbonyl (C=O) groups is 1. The molecule has 0 saturated heterocycles. The Morgan fingerprint density at radius 3 is 2.56 bits per heavy atom. The lowest BCUT2D eigenvalue weighted by Crippen LogP contribution is -2.10. The third-order valence-corrected chi connectivity index (χ3v) is 4.11. The fraction of sp³-hybridized carbons (Fsp3) is 0.111. The van der Waals surface area contributed by atoms with E-state index in [-0.39, 0.29) is 0 Å². The van der Waals surface area contributed by atoms with Crippen LogP contribution in [0.1, 0.15) is 10.4 Å². The maximum Gasteiger partial charge on any atom is 0.343 e. The van der Waals surface area contributed by atoms with Crippen LogP contribution in [-0.2, 0) is 0 Å². The molecule has 0 aliphatic rings. The summed E-state index contributed by atoms with van der Waals surface area (Å²) in [6, 6.07) is 11.9. The van der Waals surface area contributed by atoms with E-state index >= 15 is 0 Å². The summed E-state index contributed by atoms with van der Waals surface area (Å²) in [5.74, 6) is 1.28. The molecule has 0 bridgehead atoms. The van der Waals surface area contributed by atoms with Crippen LogP contribution < -0.4 is 14.2 Å². The van der Waals surface area contributed by atoms with E-state index in [2.05, 4.69) is 21.1 Å². The van der Waals surface area contributed by atoms with Crippen LogP contribution in [0, 0.1) is 0 Å². The van der Waals surface area contributed by atoms with Crippen molar-refractivity contribution in [2.45, 2.75) is 0 Å². The van der Waals surface area contributed by atoms with Crippen LogP contribution in [-0.4, -0.2) is 25.3 Å². The fourth-order valence-electron chi connectivity index (χ4n) is 2.28. The van der Waals surface area contributed by atoms with E-state index in [0.29, 0.717) is 38.6 Å². The number of esters is 1. The average Bonchev–Trinajstić information content (AvgIpc) is 3.17. The molecule has 0 fully saturated rings. The van der Waals surface area contributed by atoms with Gasteiger partial charge in [0.15, 0.2) is 23.0 Å². The molecule has 0 amide bonds. The Hall–Kier alpha value is -2.80. The van der Waals surface area contributed by atoms with Gasteiger partial charge in [-0.2, -0.15) is 0 Å². The molecule has 25 heavy (non-hydrogen) atoms. The number of rotatable bonds is 5. The van der Waals surface area contributed by atoms with Crippen LogP contribution in [0.25, 0.3) is 11.3 Å². The molecule has 1 aromatic heterocycles. The third kappa shape index (κ3) is 3.51. The van der Waals surface area contributed by atoms with Gasteiger partial charge in [-0.15, -0.1) is 0 Å². The number of carbonyl (C=O) groups excluding carboxylic acids is 1. The summed E-state index contributed by atoms with van der Waals surface area (Å²) in [7, 11) is 3.03. The van der Waals surface area contributed by atoms with Crippen LogP contribution in [0.2, 0.25) is 0 Å². The van der Waals surface area contributed by atoms with Crippen LogP contribution >= 0.6 is 15.9 Å². The summed E-state index contributed by atoms with van der Waals surface area (Å²) in [6.45, 7) is 0. The quantitative estimate of drug-likeness (QED) is 0.466. The van der Waals surface area contributed by atoms with Crippen molar-refractivity contribution in [3.05, 3.63) is 58.7 Å². The van der Waals surface area contributed by atoms with E-state index in [4.69, 9.17) is 18.7 Å². The number of hydrogen-bond donors (Lipinski definition) is 0. The fourth-order valence-corrected chi connectivity index (χ4v) is 2.72. The number of benzene rings is 2. The Bertz CT molecular complexity index is 892. The molecule has 0 atom stereocenters. The standard InChI is InChI=1S/C18H14BrNO5/c1-22-15-7-6-11(10-16(15)23-2)18(21)24-17-12(4-3-5-13(17)19)14-8-9-20-25-14/h3-10H,1-2H3. The smallest absolute Gasteiger partial charge is 0.343 e. The molecule has 0 N–H and O–H groups in total. The monoisotopic (exact) mass is 403 g/mol. The van der Waals surface area contributed by atoms with E-state index in [1.807, 2.05) is 6.07 Å². The summed E-state index contributed by atoms with van der Waals surface area (Å²) >= 11 is 3.40. The van der Waals surface area contributed by atoms with E-state index in [0.717, 1.165) is 0 Å². The number of ether oxygens (including phenoxy) is 3. The lowest BCUT2D eigenvalue weighted by Gasteiger charge is -2.12. The molecule has 6 nitrogen and oxygen atoms in total. The molecule has 3 aromatic rings. The first-order chi connectivity index (χ1) is 12.1. The van der Waals surface area contributed by atoms with Crippen molar-refractivity contribution in [3.63, 3.8) is 0 Å². The van der Waals surface area contributed by atoms with E-state index in [1.54, 1.807) is 36.4 Å². The van der Waals surface area contributed by atoms with E-state index < -0.39 is 5.97 Å². The van der Waals surface area contributed by atoms with Gasteiger partial charge < -0.3 is 18.7 Å². The first-order valence-electron chi connectivity index (χ1n) is 7.28. The Morgan fingerprint density at radius 1 is 1.08 bits per heavy atom. The van der Waals surface area contributed by atoms with Gasteiger partial charge in [0.2, 0.25) is 0 Å². The molecule has 7 heteroatoms. The Labute approximate surface area is 152 Å². The van der Waals surface area contributed by atoms with Gasteiger partial charge in [0.1, 0.15) is 0 Å². The van der Waals surface area contributed by atoms with Crippen LogP contribution in [0.5, 0.6) is 17.2 Å². The van der Waals surface area contributed by atoms with Gasteiger partial charge in [-0.05, 0) is 46.3 Å². The molecule has 0 unspecified atom stereocenters. The second kappa shape index (κ2) is 7.40. The molecule has 0 aliphatic carbocycles.